The Morgan fingerprint density at radius 3 is 2.92 bits per heavy atom. The normalized spacial score (nSPS) is 21.4. The first-order valence-electron chi connectivity index (χ1n) is 4.24. The van der Waals surface area contributed by atoms with E-state index in [0.29, 0.717) is 6.04 Å². The monoisotopic (exact) mass is 259 g/mol. The molecule has 1 atom stereocenters. The van der Waals surface area contributed by atoms with Gasteiger partial charge in [-0.1, -0.05) is 0 Å². The number of amides is 1. The second-order valence-electron chi connectivity index (χ2n) is 3.23. The summed E-state index contributed by atoms with van der Waals surface area (Å²) in [6, 6.07) is 2.34. The molecule has 2 nitrogen and oxygen atoms in total. The molecule has 70 valence electrons. The molecule has 0 spiro atoms. The number of thiophene rings is 1. The van der Waals surface area contributed by atoms with Crippen molar-refractivity contribution in [2.24, 2.45) is 0 Å². The van der Waals surface area contributed by atoms with Crippen LogP contribution in [-0.4, -0.2) is 23.4 Å². The van der Waals surface area contributed by atoms with E-state index < -0.39 is 0 Å². The second kappa shape index (κ2) is 3.42. The fourth-order valence-electron chi connectivity index (χ4n) is 1.39. The number of halogens is 1. The minimum absolute atomic E-state index is 0.167. The lowest BCUT2D eigenvalue weighted by molar-refractivity contribution is 0.0506. The molecule has 1 saturated heterocycles. The fourth-order valence-corrected chi connectivity index (χ4v) is 2.89. The van der Waals surface area contributed by atoms with E-state index in [2.05, 4.69) is 22.9 Å². The zero-order valence-electron chi connectivity index (χ0n) is 7.29. The molecule has 0 aromatic carbocycles. The molecule has 2 heterocycles. The van der Waals surface area contributed by atoms with Crippen LogP contribution < -0.4 is 0 Å². The molecule has 1 aliphatic heterocycles. The van der Waals surface area contributed by atoms with Crippen molar-refractivity contribution in [3.63, 3.8) is 0 Å². The summed E-state index contributed by atoms with van der Waals surface area (Å²) >= 11 is 4.87. The van der Waals surface area contributed by atoms with E-state index in [4.69, 9.17) is 0 Å². The lowest BCUT2D eigenvalue weighted by Crippen LogP contribution is -2.49. The zero-order valence-corrected chi connectivity index (χ0v) is 9.69. The highest BCUT2D eigenvalue weighted by atomic mass is 79.9. The van der Waals surface area contributed by atoms with Crippen molar-refractivity contribution < 1.29 is 4.79 Å². The van der Waals surface area contributed by atoms with Gasteiger partial charge in [0.05, 0.1) is 0 Å². The molecule has 1 aromatic heterocycles. The van der Waals surface area contributed by atoms with Gasteiger partial charge in [0.1, 0.15) is 4.88 Å². The van der Waals surface area contributed by atoms with Crippen LogP contribution in [0.25, 0.3) is 0 Å². The first-order chi connectivity index (χ1) is 6.20. The van der Waals surface area contributed by atoms with Crippen LogP contribution in [0.1, 0.15) is 23.0 Å². The number of hydrogen-bond acceptors (Lipinski definition) is 2. The first-order valence-corrected chi connectivity index (χ1v) is 5.91. The van der Waals surface area contributed by atoms with Gasteiger partial charge >= 0.3 is 0 Å². The predicted octanol–water partition coefficient (Wildman–Crippen LogP) is 2.75. The van der Waals surface area contributed by atoms with E-state index in [1.807, 2.05) is 16.3 Å². The average molecular weight is 260 g/mol. The van der Waals surface area contributed by atoms with Crippen molar-refractivity contribution in [1.82, 2.24) is 4.90 Å². The fraction of sp³-hybridized carbons (Fsp3) is 0.444. The van der Waals surface area contributed by atoms with E-state index in [0.717, 1.165) is 22.3 Å². The molecular formula is C9H10BrNOS. The maximum atomic E-state index is 11.8. The van der Waals surface area contributed by atoms with E-state index in [-0.39, 0.29) is 5.91 Å². The minimum Gasteiger partial charge on any atom is -0.335 e. The molecule has 1 unspecified atom stereocenters. The Morgan fingerprint density at radius 2 is 2.54 bits per heavy atom. The highest BCUT2D eigenvalue weighted by molar-refractivity contribution is 9.10. The summed E-state index contributed by atoms with van der Waals surface area (Å²) in [6.07, 6.45) is 1.13. The summed E-state index contributed by atoms with van der Waals surface area (Å²) in [4.78, 5) is 14.6. The Bertz CT molecular complexity index is 336. The highest BCUT2D eigenvalue weighted by Crippen LogP contribution is 2.27. The average Bonchev–Trinajstić information content (AvgIpc) is 2.48. The quantitative estimate of drug-likeness (QED) is 0.760. The van der Waals surface area contributed by atoms with Gasteiger partial charge in [0, 0.05) is 17.1 Å². The summed E-state index contributed by atoms with van der Waals surface area (Å²) in [5, 5.41) is 1.93. The van der Waals surface area contributed by atoms with Crippen LogP contribution in [0, 0.1) is 0 Å². The van der Waals surface area contributed by atoms with Crippen molar-refractivity contribution >= 4 is 33.2 Å². The molecule has 1 aliphatic rings. The van der Waals surface area contributed by atoms with E-state index in [1.54, 1.807) is 0 Å². The standard InChI is InChI=1S/C9H10BrNOS/c1-6-2-4-11(6)9(12)8-7(10)3-5-13-8/h3,5-6H,2,4H2,1H3. The predicted molar refractivity (Wildman–Crippen MR) is 57.1 cm³/mol. The van der Waals surface area contributed by atoms with Crippen molar-refractivity contribution in [3.8, 4) is 0 Å². The molecule has 1 aromatic rings. The summed E-state index contributed by atoms with van der Waals surface area (Å²) in [5.41, 5.74) is 0. The van der Waals surface area contributed by atoms with Crippen LogP contribution in [0.3, 0.4) is 0 Å². The van der Waals surface area contributed by atoms with Gasteiger partial charge in [-0.25, -0.2) is 0 Å². The topological polar surface area (TPSA) is 20.3 Å². The van der Waals surface area contributed by atoms with Gasteiger partial charge in [-0.3, -0.25) is 4.79 Å². The number of rotatable bonds is 1. The maximum absolute atomic E-state index is 11.8. The third kappa shape index (κ3) is 1.53. The van der Waals surface area contributed by atoms with Gasteiger partial charge in [0.25, 0.3) is 5.91 Å². The Morgan fingerprint density at radius 1 is 1.77 bits per heavy atom. The van der Waals surface area contributed by atoms with Crippen LogP contribution in [0.4, 0.5) is 0 Å². The first kappa shape index (κ1) is 9.21. The van der Waals surface area contributed by atoms with Crippen LogP contribution in [0.15, 0.2) is 15.9 Å². The summed E-state index contributed by atoms with van der Waals surface area (Å²) in [7, 11) is 0. The van der Waals surface area contributed by atoms with Crippen LogP contribution in [-0.2, 0) is 0 Å². The summed E-state index contributed by atoms with van der Waals surface area (Å²) in [6.45, 7) is 2.99. The summed E-state index contributed by atoms with van der Waals surface area (Å²) in [5.74, 6) is 0.167. The highest BCUT2D eigenvalue weighted by Gasteiger charge is 2.30. The summed E-state index contributed by atoms with van der Waals surface area (Å²) < 4.78 is 0.918. The number of carbonyl (C=O) groups excluding carboxylic acids is 1. The lowest BCUT2D eigenvalue weighted by Gasteiger charge is -2.38. The maximum Gasteiger partial charge on any atom is 0.265 e. The third-order valence-corrected chi connectivity index (χ3v) is 4.22. The van der Waals surface area contributed by atoms with Crippen molar-refractivity contribution in [3.05, 3.63) is 20.8 Å². The molecule has 4 heteroatoms. The molecule has 0 bridgehead atoms. The Balaban J connectivity index is 2.18. The molecular weight excluding hydrogens is 250 g/mol. The lowest BCUT2D eigenvalue weighted by atomic mass is 10.1. The Labute approximate surface area is 89.7 Å². The van der Waals surface area contributed by atoms with E-state index >= 15 is 0 Å². The van der Waals surface area contributed by atoms with Gasteiger partial charge in [-0.15, -0.1) is 11.3 Å². The number of likely N-dealkylation sites (tertiary alicyclic amines) is 1. The molecule has 0 aliphatic carbocycles. The molecule has 1 amide bonds. The van der Waals surface area contributed by atoms with E-state index in [1.165, 1.54) is 11.3 Å². The molecule has 0 radical (unpaired) electrons. The van der Waals surface area contributed by atoms with Crippen molar-refractivity contribution in [2.75, 3.05) is 6.54 Å². The Kier molecular flexibility index (Phi) is 2.43. The van der Waals surface area contributed by atoms with Crippen molar-refractivity contribution in [2.45, 2.75) is 19.4 Å². The SMILES string of the molecule is CC1CCN1C(=O)c1sccc1Br. The Hall–Kier alpha value is -0.350. The van der Waals surface area contributed by atoms with Gasteiger partial charge in [-0.2, -0.15) is 0 Å². The molecule has 1 fully saturated rings. The van der Waals surface area contributed by atoms with Gasteiger partial charge in [0.15, 0.2) is 0 Å². The van der Waals surface area contributed by atoms with E-state index in [9.17, 15) is 4.79 Å². The van der Waals surface area contributed by atoms with Gasteiger partial charge in [0.2, 0.25) is 0 Å². The van der Waals surface area contributed by atoms with Gasteiger partial charge < -0.3 is 4.90 Å². The second-order valence-corrected chi connectivity index (χ2v) is 5.00. The molecule has 0 saturated carbocycles. The smallest absolute Gasteiger partial charge is 0.265 e. The molecule has 2 rings (SSSR count). The zero-order chi connectivity index (χ0) is 9.42. The van der Waals surface area contributed by atoms with Crippen molar-refractivity contribution in [1.29, 1.82) is 0 Å². The number of carbonyl (C=O) groups is 1. The number of hydrogen-bond donors (Lipinski definition) is 0. The van der Waals surface area contributed by atoms with Gasteiger partial charge in [-0.05, 0) is 40.7 Å². The molecule has 13 heavy (non-hydrogen) atoms. The third-order valence-electron chi connectivity index (χ3n) is 2.39. The van der Waals surface area contributed by atoms with Crippen LogP contribution in [0.5, 0.6) is 0 Å². The molecule has 0 N–H and O–H groups in total. The van der Waals surface area contributed by atoms with Crippen LogP contribution >= 0.6 is 27.3 Å². The minimum atomic E-state index is 0.167. The van der Waals surface area contributed by atoms with Crippen LogP contribution in [0.2, 0.25) is 0 Å². The largest absolute Gasteiger partial charge is 0.335 e. The number of nitrogens with zero attached hydrogens (tertiary/aromatic N) is 1.